The van der Waals surface area contributed by atoms with Gasteiger partial charge in [-0.05, 0) is 87.8 Å². The number of aromatic nitrogens is 2. The van der Waals surface area contributed by atoms with E-state index in [4.69, 9.17) is 9.72 Å². The lowest BCUT2D eigenvalue weighted by atomic mass is 9.88. The topological polar surface area (TPSA) is 35.0 Å². The molecule has 4 heteroatoms. The minimum atomic E-state index is -0.745. The van der Waals surface area contributed by atoms with Gasteiger partial charge in [-0.15, -0.1) is 0 Å². The van der Waals surface area contributed by atoms with E-state index in [0.717, 1.165) is 22.3 Å². The molecule has 0 saturated heterocycles. The van der Waals surface area contributed by atoms with Crippen LogP contribution in [0.1, 0.15) is 31.9 Å². The Morgan fingerprint density at radius 2 is 1.46 bits per heavy atom. The SMILES string of the molecule is Cc1ccnc(Oc2cccc(-c3ccc4c5ccccc5p(-c5cc(C(C)(C)C)ccn5)c4c3)c2)c1. The average molecular weight is 501 g/mol. The molecule has 6 aromatic rings. The van der Waals surface area contributed by atoms with Gasteiger partial charge < -0.3 is 4.74 Å². The summed E-state index contributed by atoms with van der Waals surface area (Å²) in [5.41, 5.74) is 5.97. The van der Waals surface area contributed by atoms with Crippen LogP contribution in [-0.4, -0.2) is 9.97 Å². The van der Waals surface area contributed by atoms with Crippen LogP contribution in [0.4, 0.5) is 0 Å². The molecule has 0 amide bonds. The second-order valence-electron chi connectivity index (χ2n) is 10.5. The number of aryl methyl sites for hydroxylation is 1. The zero-order valence-corrected chi connectivity index (χ0v) is 22.5. The lowest BCUT2D eigenvalue weighted by Gasteiger charge is -2.19. The van der Waals surface area contributed by atoms with Gasteiger partial charge in [0.2, 0.25) is 5.88 Å². The molecule has 0 radical (unpaired) electrons. The molecule has 182 valence electrons. The Morgan fingerprint density at radius 1 is 0.676 bits per heavy atom. The molecule has 0 fully saturated rings. The van der Waals surface area contributed by atoms with E-state index in [1.54, 1.807) is 6.20 Å². The van der Waals surface area contributed by atoms with Crippen molar-refractivity contribution in [2.24, 2.45) is 0 Å². The molecular weight excluding hydrogens is 471 g/mol. The van der Waals surface area contributed by atoms with Crippen LogP contribution in [-0.2, 0) is 5.41 Å². The first-order valence-corrected chi connectivity index (χ1v) is 13.9. The van der Waals surface area contributed by atoms with Crippen molar-refractivity contribution in [1.82, 2.24) is 9.97 Å². The summed E-state index contributed by atoms with van der Waals surface area (Å²) in [6.07, 6.45) is 3.75. The van der Waals surface area contributed by atoms with Crippen LogP contribution >= 0.6 is 7.53 Å². The third-order valence-electron chi connectivity index (χ3n) is 6.79. The fourth-order valence-electron chi connectivity index (χ4n) is 4.83. The molecule has 0 spiro atoms. The van der Waals surface area contributed by atoms with E-state index in [1.807, 2.05) is 37.4 Å². The fourth-order valence-corrected chi connectivity index (χ4v) is 7.41. The van der Waals surface area contributed by atoms with Crippen LogP contribution in [0, 0.1) is 6.92 Å². The van der Waals surface area contributed by atoms with Gasteiger partial charge in [0.1, 0.15) is 5.75 Å². The van der Waals surface area contributed by atoms with Crippen molar-refractivity contribution in [2.45, 2.75) is 33.1 Å². The fraction of sp³-hybridized carbons (Fsp3) is 0.152. The third kappa shape index (κ3) is 4.52. The van der Waals surface area contributed by atoms with Crippen molar-refractivity contribution in [3.8, 4) is 28.2 Å². The Morgan fingerprint density at radius 3 is 2.30 bits per heavy atom. The summed E-state index contributed by atoms with van der Waals surface area (Å²) in [5.74, 6) is 1.39. The predicted octanol–water partition coefficient (Wildman–Crippen LogP) is 9.82. The summed E-state index contributed by atoms with van der Waals surface area (Å²) in [6.45, 7) is 8.82. The summed E-state index contributed by atoms with van der Waals surface area (Å²) < 4.78 is 6.08. The van der Waals surface area contributed by atoms with Crippen LogP contribution in [0.25, 0.3) is 37.6 Å². The largest absolute Gasteiger partial charge is 0.439 e. The molecule has 37 heavy (non-hydrogen) atoms. The van der Waals surface area contributed by atoms with E-state index in [1.165, 1.54) is 32.1 Å². The molecule has 3 aromatic carbocycles. The van der Waals surface area contributed by atoms with Crippen molar-refractivity contribution >= 4 is 28.5 Å². The maximum absolute atomic E-state index is 6.08. The van der Waals surface area contributed by atoms with Gasteiger partial charge in [-0.25, -0.2) is 4.98 Å². The molecule has 0 N–H and O–H groups in total. The Hall–Kier alpha value is -3.94. The summed E-state index contributed by atoms with van der Waals surface area (Å²) in [5, 5.41) is 5.37. The van der Waals surface area contributed by atoms with Crippen molar-refractivity contribution in [1.29, 1.82) is 0 Å². The second kappa shape index (κ2) is 9.18. The van der Waals surface area contributed by atoms with E-state index in [-0.39, 0.29) is 5.41 Å². The predicted molar refractivity (Wildman–Crippen MR) is 156 cm³/mol. The van der Waals surface area contributed by atoms with Gasteiger partial charge in [-0.2, -0.15) is 0 Å². The third-order valence-corrected chi connectivity index (χ3v) is 9.22. The molecule has 1 atom stereocenters. The van der Waals surface area contributed by atoms with Crippen molar-refractivity contribution in [2.75, 3.05) is 0 Å². The standard InChI is InChI=1S/C33H29N2OP/c1-22-14-16-34-31(18-22)36-26-9-7-8-23(19-26)24-12-13-28-27-10-5-6-11-29(27)37(30(28)20-24)32-21-25(15-17-35-32)33(2,3)4/h5-21H,1-4H3. The molecule has 0 aliphatic carbocycles. The molecular formula is C33H29N2OP. The van der Waals surface area contributed by atoms with Crippen molar-refractivity contribution in [3.63, 3.8) is 0 Å². The Kier molecular flexibility index (Phi) is 5.82. The highest BCUT2D eigenvalue weighted by atomic mass is 31.1. The van der Waals surface area contributed by atoms with E-state index in [9.17, 15) is 0 Å². The molecule has 0 aliphatic rings. The zero-order chi connectivity index (χ0) is 25.6. The first kappa shape index (κ1) is 23.5. The average Bonchev–Trinajstić information content (AvgIpc) is 3.22. The number of pyridine rings is 2. The van der Waals surface area contributed by atoms with Gasteiger partial charge in [0, 0.05) is 28.7 Å². The van der Waals surface area contributed by atoms with E-state index in [2.05, 4.69) is 92.5 Å². The quantitative estimate of drug-likeness (QED) is 0.242. The molecule has 0 saturated carbocycles. The van der Waals surface area contributed by atoms with Crippen molar-refractivity contribution in [3.05, 3.63) is 115 Å². The lowest BCUT2D eigenvalue weighted by molar-refractivity contribution is 0.462. The van der Waals surface area contributed by atoms with Crippen LogP contribution in [0.15, 0.2) is 103 Å². The molecule has 3 heterocycles. The van der Waals surface area contributed by atoms with Crippen LogP contribution in [0.5, 0.6) is 11.6 Å². The van der Waals surface area contributed by atoms with Crippen LogP contribution < -0.4 is 4.74 Å². The normalized spacial score (nSPS) is 12.3. The number of ether oxygens (including phenoxy) is 1. The molecule has 0 aliphatic heterocycles. The first-order chi connectivity index (χ1) is 17.9. The highest BCUT2D eigenvalue weighted by Crippen LogP contribution is 2.55. The molecule has 3 aromatic heterocycles. The monoisotopic (exact) mass is 500 g/mol. The second-order valence-corrected chi connectivity index (χ2v) is 12.6. The maximum atomic E-state index is 6.08. The minimum Gasteiger partial charge on any atom is -0.439 e. The number of benzene rings is 3. The summed E-state index contributed by atoms with van der Waals surface area (Å²) in [6, 6.07) is 32.3. The zero-order valence-electron chi connectivity index (χ0n) is 21.6. The number of nitrogens with zero attached hydrogens (tertiary/aromatic N) is 2. The molecule has 6 rings (SSSR count). The highest BCUT2D eigenvalue weighted by molar-refractivity contribution is 7.67. The Bertz CT molecular complexity index is 1760. The molecule has 1 unspecified atom stereocenters. The summed E-state index contributed by atoms with van der Waals surface area (Å²) in [7, 11) is -0.745. The maximum Gasteiger partial charge on any atom is 0.219 e. The Labute approximate surface area is 218 Å². The first-order valence-electron chi connectivity index (χ1n) is 12.6. The van der Waals surface area contributed by atoms with Gasteiger partial charge in [0.15, 0.2) is 0 Å². The smallest absolute Gasteiger partial charge is 0.219 e. The van der Waals surface area contributed by atoms with Crippen molar-refractivity contribution < 1.29 is 4.74 Å². The van der Waals surface area contributed by atoms with E-state index < -0.39 is 7.53 Å². The highest BCUT2D eigenvalue weighted by Gasteiger charge is 2.19. The van der Waals surface area contributed by atoms with Crippen LogP contribution in [0.3, 0.4) is 0 Å². The van der Waals surface area contributed by atoms with Gasteiger partial charge in [-0.3, -0.25) is 4.98 Å². The lowest BCUT2D eigenvalue weighted by Crippen LogP contribution is -2.10. The van der Waals surface area contributed by atoms with Gasteiger partial charge in [-0.1, -0.05) is 70.8 Å². The molecule has 3 nitrogen and oxygen atoms in total. The Balaban J connectivity index is 1.49. The van der Waals surface area contributed by atoms with Crippen LogP contribution in [0.2, 0.25) is 0 Å². The summed E-state index contributed by atoms with van der Waals surface area (Å²) >= 11 is 0. The number of fused-ring (bicyclic) bond motifs is 3. The van der Waals surface area contributed by atoms with Gasteiger partial charge in [0.25, 0.3) is 0 Å². The van der Waals surface area contributed by atoms with E-state index >= 15 is 0 Å². The number of hydrogen-bond donors (Lipinski definition) is 0. The minimum absolute atomic E-state index is 0.0730. The van der Waals surface area contributed by atoms with Gasteiger partial charge in [0.05, 0.1) is 5.44 Å². The summed E-state index contributed by atoms with van der Waals surface area (Å²) in [4.78, 5) is 9.25. The molecule has 0 bridgehead atoms. The van der Waals surface area contributed by atoms with E-state index in [0.29, 0.717) is 5.88 Å². The van der Waals surface area contributed by atoms with Gasteiger partial charge >= 0.3 is 0 Å². The number of rotatable bonds is 4. The number of hydrogen-bond acceptors (Lipinski definition) is 3.